The highest BCUT2D eigenvalue weighted by Crippen LogP contribution is 2.16. The first kappa shape index (κ1) is 14.8. The van der Waals surface area contributed by atoms with Crippen LogP contribution in [0.25, 0.3) is 10.2 Å². The first-order valence-corrected chi connectivity index (χ1v) is 6.75. The van der Waals surface area contributed by atoms with E-state index in [0.717, 1.165) is 17.3 Å². The van der Waals surface area contributed by atoms with Crippen molar-refractivity contribution in [3.63, 3.8) is 0 Å². The molecule has 6 nitrogen and oxygen atoms in total. The number of fused-ring (bicyclic) bond motifs is 1. The van der Waals surface area contributed by atoms with Crippen molar-refractivity contribution in [3.8, 4) is 0 Å². The molecule has 1 heterocycles. The molecule has 9 heteroatoms. The normalized spacial score (nSPS) is 11.1. The van der Waals surface area contributed by atoms with E-state index < -0.39 is 10.4 Å². The summed E-state index contributed by atoms with van der Waals surface area (Å²) in [7, 11) is -1.49. The van der Waals surface area contributed by atoms with Gasteiger partial charge in [0, 0.05) is 7.05 Å². The van der Waals surface area contributed by atoms with Gasteiger partial charge < -0.3 is 4.57 Å². The Morgan fingerprint density at radius 1 is 1.50 bits per heavy atom. The number of hydrogen-bond acceptors (Lipinski definition) is 5. The molecule has 0 amide bonds. The summed E-state index contributed by atoms with van der Waals surface area (Å²) in [5.41, 5.74) is 0.909. The van der Waals surface area contributed by atoms with Crippen LogP contribution < -0.4 is 4.80 Å². The molecule has 1 aromatic carbocycles. The molecule has 2 aromatic rings. The summed E-state index contributed by atoms with van der Waals surface area (Å²) < 4.78 is 45.0. The first-order valence-electron chi connectivity index (χ1n) is 4.57. The van der Waals surface area contributed by atoms with E-state index in [1.54, 1.807) is 17.7 Å². The van der Waals surface area contributed by atoms with Crippen LogP contribution in [0.4, 0.5) is 4.39 Å². The lowest BCUT2D eigenvalue weighted by Gasteiger charge is -1.92. The number of aryl methyl sites for hydroxylation is 1. The first-order chi connectivity index (χ1) is 8.24. The molecular formula is C9H11FN2O4S2. The maximum Gasteiger partial charge on any atom is 0.397 e. The molecule has 2 rings (SSSR count). The third-order valence-electron chi connectivity index (χ3n) is 2.01. The van der Waals surface area contributed by atoms with Crippen LogP contribution in [-0.4, -0.2) is 24.6 Å². The second-order valence-corrected chi connectivity index (χ2v) is 5.39. The summed E-state index contributed by atoms with van der Waals surface area (Å²) in [6, 6.07) is 4.56. The van der Waals surface area contributed by atoms with E-state index in [2.05, 4.69) is 4.18 Å². The monoisotopic (exact) mass is 294 g/mol. The zero-order chi connectivity index (χ0) is 13.9. The lowest BCUT2D eigenvalue weighted by atomic mass is 10.3. The summed E-state index contributed by atoms with van der Waals surface area (Å²) >= 11 is 1.28. The number of nitrogens with zero attached hydrogens (tertiary/aromatic N) is 1. The molecule has 0 saturated carbocycles. The molecular weight excluding hydrogens is 283 g/mol. The minimum Gasteiger partial charge on any atom is -0.320 e. The second kappa shape index (κ2) is 5.57. The van der Waals surface area contributed by atoms with Crippen LogP contribution in [0.2, 0.25) is 0 Å². The summed E-state index contributed by atoms with van der Waals surface area (Å²) in [6.45, 7) is 0. The van der Waals surface area contributed by atoms with Crippen molar-refractivity contribution in [2.45, 2.75) is 0 Å². The highest BCUT2D eigenvalue weighted by molar-refractivity contribution is 7.80. The number of aromatic nitrogens is 1. The molecule has 0 unspecified atom stereocenters. The topological polar surface area (TPSA) is 92.4 Å². The molecule has 0 spiro atoms. The predicted molar refractivity (Wildman–Crippen MR) is 65.2 cm³/mol. The van der Waals surface area contributed by atoms with E-state index in [1.165, 1.54) is 23.5 Å². The van der Waals surface area contributed by atoms with Gasteiger partial charge in [-0.25, -0.2) is 4.39 Å². The summed E-state index contributed by atoms with van der Waals surface area (Å²) in [5, 5.41) is 7.48. The van der Waals surface area contributed by atoms with Crippen molar-refractivity contribution in [2.75, 3.05) is 7.11 Å². The van der Waals surface area contributed by atoms with E-state index in [4.69, 9.17) is 9.96 Å². The quantitative estimate of drug-likeness (QED) is 0.775. The third kappa shape index (κ3) is 3.88. The lowest BCUT2D eigenvalue weighted by molar-refractivity contribution is 0.324. The number of halogens is 1. The highest BCUT2D eigenvalue weighted by atomic mass is 32.3. The van der Waals surface area contributed by atoms with E-state index in [1.807, 2.05) is 0 Å². The van der Waals surface area contributed by atoms with Crippen LogP contribution in [0.5, 0.6) is 0 Å². The van der Waals surface area contributed by atoms with Crippen LogP contribution in [0.1, 0.15) is 0 Å². The Morgan fingerprint density at radius 2 is 2.06 bits per heavy atom. The van der Waals surface area contributed by atoms with Gasteiger partial charge >= 0.3 is 10.4 Å². The maximum absolute atomic E-state index is 12.7. The summed E-state index contributed by atoms with van der Waals surface area (Å²) in [4.78, 5) is 0.440. The van der Waals surface area contributed by atoms with Crippen molar-refractivity contribution in [1.82, 2.24) is 4.57 Å². The van der Waals surface area contributed by atoms with Crippen LogP contribution in [0.15, 0.2) is 18.2 Å². The molecule has 0 aliphatic carbocycles. The molecule has 2 N–H and O–H groups in total. The van der Waals surface area contributed by atoms with Gasteiger partial charge in [-0.1, -0.05) is 11.3 Å². The minimum atomic E-state index is -4.16. The van der Waals surface area contributed by atoms with Crippen LogP contribution >= 0.6 is 11.3 Å². The van der Waals surface area contributed by atoms with E-state index in [-0.39, 0.29) is 5.82 Å². The standard InChI is InChI=1S/C8H7FN2S.CH4O4S/c1-11-6-3-2-5(9)4-7(6)12-8(11)10;1-5-6(2,3)4/h2-4,10H,1H3;1H3,(H,2,3,4). The number of benzene rings is 1. The fraction of sp³-hybridized carbons (Fsp3) is 0.222. The van der Waals surface area contributed by atoms with Crippen molar-refractivity contribution in [3.05, 3.63) is 28.8 Å². The van der Waals surface area contributed by atoms with Gasteiger partial charge in [0.2, 0.25) is 0 Å². The Hall–Kier alpha value is -1.29. The Kier molecular flexibility index (Phi) is 4.57. The van der Waals surface area contributed by atoms with Crippen molar-refractivity contribution >= 4 is 32.0 Å². The van der Waals surface area contributed by atoms with Crippen LogP contribution in [0.3, 0.4) is 0 Å². The van der Waals surface area contributed by atoms with Gasteiger partial charge in [-0.3, -0.25) is 14.1 Å². The third-order valence-corrected chi connectivity index (χ3v) is 3.44. The smallest absolute Gasteiger partial charge is 0.320 e. The van der Waals surface area contributed by atoms with Crippen molar-refractivity contribution in [1.29, 1.82) is 5.41 Å². The zero-order valence-electron chi connectivity index (χ0n) is 9.55. The summed E-state index contributed by atoms with van der Waals surface area (Å²) in [5.74, 6) is -0.246. The minimum absolute atomic E-state index is 0.246. The Bertz CT molecular complexity index is 705. The maximum atomic E-state index is 12.7. The van der Waals surface area contributed by atoms with Gasteiger partial charge in [-0.15, -0.1) is 0 Å². The summed E-state index contributed by atoms with van der Waals surface area (Å²) in [6.07, 6.45) is 0. The highest BCUT2D eigenvalue weighted by Gasteiger charge is 2.01. The van der Waals surface area contributed by atoms with E-state index >= 15 is 0 Å². The Morgan fingerprint density at radius 3 is 2.56 bits per heavy atom. The fourth-order valence-corrected chi connectivity index (χ4v) is 2.05. The van der Waals surface area contributed by atoms with Crippen molar-refractivity contribution in [2.24, 2.45) is 7.05 Å². The van der Waals surface area contributed by atoms with Crippen LogP contribution in [-0.2, 0) is 21.6 Å². The molecule has 100 valence electrons. The number of thiazole rings is 1. The molecule has 0 fully saturated rings. The van der Waals surface area contributed by atoms with Gasteiger partial charge in [0.25, 0.3) is 0 Å². The van der Waals surface area contributed by atoms with Crippen molar-refractivity contribution < 1.29 is 21.5 Å². The van der Waals surface area contributed by atoms with Crippen LogP contribution in [0, 0.1) is 11.2 Å². The number of hydrogen-bond donors (Lipinski definition) is 2. The zero-order valence-corrected chi connectivity index (χ0v) is 11.2. The number of nitrogens with one attached hydrogen (secondary N) is 1. The Labute approximate surface area is 107 Å². The molecule has 0 saturated heterocycles. The van der Waals surface area contributed by atoms with E-state index in [9.17, 15) is 12.8 Å². The molecule has 0 atom stereocenters. The lowest BCUT2D eigenvalue weighted by Crippen LogP contribution is -2.06. The van der Waals surface area contributed by atoms with Gasteiger partial charge in [0.1, 0.15) is 5.82 Å². The SMILES string of the molecule is COS(=O)(=O)O.Cn1c(=N)sc2cc(F)ccc21. The average Bonchev–Trinajstić information content (AvgIpc) is 2.54. The molecule has 18 heavy (non-hydrogen) atoms. The molecule has 0 radical (unpaired) electrons. The second-order valence-electron chi connectivity index (χ2n) is 3.17. The van der Waals surface area contributed by atoms with Gasteiger partial charge in [0.15, 0.2) is 4.80 Å². The molecule has 1 aromatic heterocycles. The average molecular weight is 294 g/mol. The fourth-order valence-electron chi connectivity index (χ4n) is 1.13. The largest absolute Gasteiger partial charge is 0.397 e. The predicted octanol–water partition coefficient (Wildman–Crippen LogP) is 1.29. The molecule has 0 bridgehead atoms. The van der Waals surface area contributed by atoms with E-state index in [0.29, 0.717) is 4.80 Å². The van der Waals surface area contributed by atoms with Gasteiger partial charge in [0.05, 0.1) is 17.3 Å². The molecule has 0 aliphatic heterocycles. The van der Waals surface area contributed by atoms with Gasteiger partial charge in [-0.2, -0.15) is 8.42 Å². The van der Waals surface area contributed by atoms with Gasteiger partial charge in [-0.05, 0) is 18.2 Å². The number of rotatable bonds is 1. The Balaban J connectivity index is 0.000000232. The molecule has 0 aliphatic rings.